The first-order chi connectivity index (χ1) is 10.2. The molecule has 0 aromatic carbocycles. The summed E-state index contributed by atoms with van der Waals surface area (Å²) in [6.07, 6.45) is 7.78. The molecule has 1 atom stereocenters. The number of likely N-dealkylation sites (tertiary alicyclic amines) is 1. The molecule has 120 valence electrons. The van der Waals surface area contributed by atoms with Crippen molar-refractivity contribution in [1.82, 2.24) is 15.5 Å². The van der Waals surface area contributed by atoms with Crippen LogP contribution in [0.25, 0.3) is 0 Å². The van der Waals surface area contributed by atoms with E-state index < -0.39 is 0 Å². The molecule has 0 bridgehead atoms. The fourth-order valence-electron chi connectivity index (χ4n) is 3.53. The summed E-state index contributed by atoms with van der Waals surface area (Å²) in [4.78, 5) is 25.9. The lowest BCUT2D eigenvalue weighted by Gasteiger charge is -2.21. The molecular weight excluding hydrogens is 266 g/mol. The van der Waals surface area contributed by atoms with Crippen LogP contribution in [0.2, 0.25) is 0 Å². The van der Waals surface area contributed by atoms with Crippen molar-refractivity contribution < 1.29 is 9.59 Å². The predicted molar refractivity (Wildman–Crippen MR) is 82.8 cm³/mol. The van der Waals surface area contributed by atoms with E-state index in [9.17, 15) is 9.59 Å². The van der Waals surface area contributed by atoms with E-state index in [0.717, 1.165) is 26.1 Å². The molecule has 1 unspecified atom stereocenters. The Kier molecular flexibility index (Phi) is 6.49. The van der Waals surface area contributed by atoms with Gasteiger partial charge in [0.25, 0.3) is 0 Å². The molecule has 2 fully saturated rings. The standard InChI is InChI=1S/C16H29N3O2/c1-17-10-14-7-8-19(12-14)16(21)11-18-15(20)9-13-5-3-2-4-6-13/h13-14,17H,2-12H2,1H3,(H,18,20). The van der Waals surface area contributed by atoms with E-state index in [-0.39, 0.29) is 18.4 Å². The molecular formula is C16H29N3O2. The zero-order valence-corrected chi connectivity index (χ0v) is 13.2. The van der Waals surface area contributed by atoms with Crippen LogP contribution >= 0.6 is 0 Å². The van der Waals surface area contributed by atoms with Gasteiger partial charge < -0.3 is 15.5 Å². The number of nitrogens with zero attached hydrogens (tertiary/aromatic N) is 1. The Labute approximate surface area is 127 Å². The summed E-state index contributed by atoms with van der Waals surface area (Å²) in [6, 6.07) is 0. The molecule has 1 heterocycles. The highest BCUT2D eigenvalue weighted by Crippen LogP contribution is 2.26. The summed E-state index contributed by atoms with van der Waals surface area (Å²) in [6.45, 7) is 2.76. The molecule has 0 spiro atoms. The van der Waals surface area contributed by atoms with Crippen molar-refractivity contribution in [2.45, 2.75) is 44.9 Å². The number of carbonyl (C=O) groups excluding carboxylic acids is 2. The second kappa shape index (κ2) is 8.37. The smallest absolute Gasteiger partial charge is 0.241 e. The molecule has 0 aromatic rings. The third-order valence-electron chi connectivity index (χ3n) is 4.77. The third-order valence-corrected chi connectivity index (χ3v) is 4.77. The summed E-state index contributed by atoms with van der Waals surface area (Å²) in [5.41, 5.74) is 0. The highest BCUT2D eigenvalue weighted by molar-refractivity contribution is 5.84. The average Bonchev–Trinajstić information content (AvgIpc) is 2.95. The normalized spacial score (nSPS) is 23.3. The van der Waals surface area contributed by atoms with Crippen LogP contribution in [-0.2, 0) is 9.59 Å². The second-order valence-electron chi connectivity index (χ2n) is 6.54. The average molecular weight is 295 g/mol. The second-order valence-corrected chi connectivity index (χ2v) is 6.54. The fraction of sp³-hybridized carbons (Fsp3) is 0.875. The fourth-order valence-corrected chi connectivity index (χ4v) is 3.53. The van der Waals surface area contributed by atoms with E-state index in [2.05, 4.69) is 10.6 Å². The first-order valence-corrected chi connectivity index (χ1v) is 8.38. The van der Waals surface area contributed by atoms with Crippen molar-refractivity contribution in [3.63, 3.8) is 0 Å². The van der Waals surface area contributed by atoms with Gasteiger partial charge in [0.2, 0.25) is 11.8 Å². The molecule has 0 aromatic heterocycles. The number of hydrogen-bond acceptors (Lipinski definition) is 3. The molecule has 5 heteroatoms. The number of nitrogens with one attached hydrogen (secondary N) is 2. The Balaban J connectivity index is 1.63. The summed E-state index contributed by atoms with van der Waals surface area (Å²) in [5.74, 6) is 1.18. The Morgan fingerprint density at radius 2 is 1.86 bits per heavy atom. The molecule has 1 saturated carbocycles. The lowest BCUT2D eigenvalue weighted by atomic mass is 9.87. The van der Waals surface area contributed by atoms with Gasteiger partial charge in [0.15, 0.2) is 0 Å². The molecule has 2 aliphatic rings. The Hall–Kier alpha value is -1.10. The number of amides is 2. The minimum absolute atomic E-state index is 0.0428. The predicted octanol–water partition coefficient (Wildman–Crippen LogP) is 1.14. The minimum atomic E-state index is 0.0428. The van der Waals surface area contributed by atoms with Crippen molar-refractivity contribution in [3.05, 3.63) is 0 Å². The highest BCUT2D eigenvalue weighted by Gasteiger charge is 2.26. The van der Waals surface area contributed by atoms with Crippen molar-refractivity contribution in [3.8, 4) is 0 Å². The van der Waals surface area contributed by atoms with Crippen LogP contribution < -0.4 is 10.6 Å². The van der Waals surface area contributed by atoms with E-state index in [4.69, 9.17) is 0 Å². The van der Waals surface area contributed by atoms with Crippen molar-refractivity contribution in [2.75, 3.05) is 33.2 Å². The van der Waals surface area contributed by atoms with Gasteiger partial charge in [0, 0.05) is 19.5 Å². The molecule has 2 N–H and O–H groups in total. The van der Waals surface area contributed by atoms with Crippen molar-refractivity contribution in [2.24, 2.45) is 11.8 Å². The summed E-state index contributed by atoms with van der Waals surface area (Å²) in [5, 5.41) is 5.96. The molecule has 5 nitrogen and oxygen atoms in total. The Bertz CT molecular complexity index is 353. The van der Waals surface area contributed by atoms with Gasteiger partial charge in [0.1, 0.15) is 0 Å². The maximum atomic E-state index is 12.1. The zero-order chi connectivity index (χ0) is 15.1. The lowest BCUT2D eigenvalue weighted by Crippen LogP contribution is -2.39. The largest absolute Gasteiger partial charge is 0.347 e. The quantitative estimate of drug-likeness (QED) is 0.772. The zero-order valence-electron chi connectivity index (χ0n) is 13.2. The van der Waals surface area contributed by atoms with E-state index >= 15 is 0 Å². The molecule has 1 aliphatic heterocycles. The highest BCUT2D eigenvalue weighted by atomic mass is 16.2. The third kappa shape index (κ3) is 5.30. The Morgan fingerprint density at radius 3 is 2.57 bits per heavy atom. The van der Waals surface area contributed by atoms with Crippen LogP contribution in [0.4, 0.5) is 0 Å². The van der Waals surface area contributed by atoms with Crippen LogP contribution in [0.5, 0.6) is 0 Å². The van der Waals surface area contributed by atoms with Gasteiger partial charge in [-0.3, -0.25) is 9.59 Å². The van der Waals surface area contributed by atoms with Crippen LogP contribution in [0, 0.1) is 11.8 Å². The van der Waals surface area contributed by atoms with Crippen LogP contribution in [0.15, 0.2) is 0 Å². The summed E-state index contributed by atoms with van der Waals surface area (Å²) in [7, 11) is 1.94. The van der Waals surface area contributed by atoms with Gasteiger partial charge in [0.05, 0.1) is 6.54 Å². The molecule has 21 heavy (non-hydrogen) atoms. The number of carbonyl (C=O) groups is 2. The van der Waals surface area contributed by atoms with E-state index in [0.29, 0.717) is 18.3 Å². The van der Waals surface area contributed by atoms with Gasteiger partial charge in [-0.1, -0.05) is 19.3 Å². The molecule has 0 radical (unpaired) electrons. The maximum absolute atomic E-state index is 12.1. The number of rotatable bonds is 6. The SMILES string of the molecule is CNCC1CCN(C(=O)CNC(=O)CC2CCCCC2)C1. The van der Waals surface area contributed by atoms with E-state index in [1.165, 1.54) is 32.1 Å². The topological polar surface area (TPSA) is 61.4 Å². The molecule has 2 rings (SSSR count). The minimum Gasteiger partial charge on any atom is -0.347 e. The summed E-state index contributed by atoms with van der Waals surface area (Å²) < 4.78 is 0. The van der Waals surface area contributed by atoms with Crippen LogP contribution in [0.3, 0.4) is 0 Å². The monoisotopic (exact) mass is 295 g/mol. The van der Waals surface area contributed by atoms with Crippen molar-refractivity contribution in [1.29, 1.82) is 0 Å². The van der Waals surface area contributed by atoms with Crippen LogP contribution in [-0.4, -0.2) is 49.9 Å². The van der Waals surface area contributed by atoms with Crippen molar-refractivity contribution >= 4 is 11.8 Å². The Morgan fingerprint density at radius 1 is 1.10 bits per heavy atom. The van der Waals surface area contributed by atoms with Gasteiger partial charge >= 0.3 is 0 Å². The number of hydrogen-bond donors (Lipinski definition) is 2. The van der Waals surface area contributed by atoms with Gasteiger partial charge in [-0.15, -0.1) is 0 Å². The first-order valence-electron chi connectivity index (χ1n) is 8.38. The lowest BCUT2D eigenvalue weighted by molar-refractivity contribution is -0.132. The summed E-state index contributed by atoms with van der Waals surface area (Å²) >= 11 is 0. The van der Waals surface area contributed by atoms with Gasteiger partial charge in [-0.2, -0.15) is 0 Å². The molecule has 2 amide bonds. The maximum Gasteiger partial charge on any atom is 0.241 e. The van der Waals surface area contributed by atoms with Gasteiger partial charge in [-0.05, 0) is 44.7 Å². The first kappa shape index (κ1) is 16.3. The van der Waals surface area contributed by atoms with E-state index in [1.807, 2.05) is 11.9 Å². The molecule has 1 aliphatic carbocycles. The molecule has 1 saturated heterocycles. The van der Waals surface area contributed by atoms with Gasteiger partial charge in [-0.25, -0.2) is 0 Å². The van der Waals surface area contributed by atoms with Crippen LogP contribution in [0.1, 0.15) is 44.9 Å². The van der Waals surface area contributed by atoms with E-state index in [1.54, 1.807) is 0 Å².